The second kappa shape index (κ2) is 6.57. The summed E-state index contributed by atoms with van der Waals surface area (Å²) in [4.78, 5) is 13.6. The van der Waals surface area contributed by atoms with Gasteiger partial charge in [0.05, 0.1) is 17.9 Å². The van der Waals surface area contributed by atoms with Crippen LogP contribution in [0.5, 0.6) is 0 Å². The minimum absolute atomic E-state index is 0.103. The summed E-state index contributed by atoms with van der Waals surface area (Å²) in [5.74, 6) is -1.58. The lowest BCUT2D eigenvalue weighted by Gasteiger charge is -2.43. The van der Waals surface area contributed by atoms with Gasteiger partial charge in [-0.3, -0.25) is 4.79 Å². The Morgan fingerprint density at radius 2 is 1.97 bits per heavy atom. The molecule has 0 bridgehead atoms. The van der Waals surface area contributed by atoms with Gasteiger partial charge in [0.1, 0.15) is 22.6 Å². The van der Waals surface area contributed by atoms with E-state index in [0.29, 0.717) is 12.8 Å². The van der Waals surface area contributed by atoms with Gasteiger partial charge in [-0.15, -0.1) is 4.40 Å². The fraction of sp³-hybridized carbons (Fsp3) is 0.529. The van der Waals surface area contributed by atoms with Crippen molar-refractivity contribution in [2.24, 2.45) is 10.3 Å². The van der Waals surface area contributed by atoms with Crippen molar-refractivity contribution >= 4 is 33.1 Å². The number of nitrogens with zero attached hydrogens (tertiary/aromatic N) is 3. The number of sulfonamides is 1. The second-order valence-corrected chi connectivity index (χ2v) is 8.84. The molecule has 1 saturated carbocycles. The number of amides is 1. The van der Waals surface area contributed by atoms with Crippen molar-refractivity contribution in [1.29, 1.82) is 0 Å². The van der Waals surface area contributed by atoms with Crippen LogP contribution in [0.1, 0.15) is 19.8 Å². The van der Waals surface area contributed by atoms with Crippen LogP contribution in [0.2, 0.25) is 0 Å². The highest BCUT2D eigenvalue weighted by atomic mass is 32.2. The van der Waals surface area contributed by atoms with Crippen LogP contribution < -0.4 is 10.2 Å². The van der Waals surface area contributed by atoms with E-state index in [0.717, 1.165) is 21.9 Å². The van der Waals surface area contributed by atoms with Crippen LogP contribution >= 0.6 is 0 Å². The normalized spacial score (nSPS) is 24.1. The number of alkyl halides is 3. The van der Waals surface area contributed by atoms with Gasteiger partial charge in [-0.2, -0.15) is 21.6 Å². The zero-order valence-corrected chi connectivity index (χ0v) is 16.1. The van der Waals surface area contributed by atoms with E-state index >= 15 is 0 Å². The summed E-state index contributed by atoms with van der Waals surface area (Å²) in [6, 6.07) is -0.551. The van der Waals surface area contributed by atoms with Gasteiger partial charge >= 0.3 is 6.18 Å². The molecule has 2 aliphatic heterocycles. The highest BCUT2D eigenvalue weighted by Gasteiger charge is 2.49. The minimum atomic E-state index is -4.71. The summed E-state index contributed by atoms with van der Waals surface area (Å²) in [5.41, 5.74) is -0.488. The Morgan fingerprint density at radius 3 is 2.55 bits per heavy atom. The van der Waals surface area contributed by atoms with E-state index in [-0.39, 0.29) is 29.7 Å². The van der Waals surface area contributed by atoms with Crippen molar-refractivity contribution in [1.82, 2.24) is 4.90 Å². The van der Waals surface area contributed by atoms with Crippen LogP contribution in [0.25, 0.3) is 0 Å². The van der Waals surface area contributed by atoms with E-state index in [1.165, 1.54) is 0 Å². The number of hydrogen-bond acceptors (Lipinski definition) is 5. The van der Waals surface area contributed by atoms with Crippen molar-refractivity contribution in [3.8, 4) is 0 Å². The van der Waals surface area contributed by atoms with Crippen molar-refractivity contribution in [3.05, 3.63) is 17.9 Å². The number of carbonyl (C=O) groups excluding carboxylic acids is 1. The summed E-state index contributed by atoms with van der Waals surface area (Å²) in [6.07, 6.45) is -3.31. The second-order valence-electron chi connectivity index (χ2n) is 7.27. The molecule has 1 saturated heterocycles. The molecule has 7 nitrogen and oxygen atoms in total. The van der Waals surface area contributed by atoms with Gasteiger partial charge in [0.15, 0.2) is 0 Å². The predicted octanol–water partition coefficient (Wildman–Crippen LogP) is 2.35. The summed E-state index contributed by atoms with van der Waals surface area (Å²) >= 11 is 0. The number of rotatable bonds is 3. The number of halogens is 4. The minimum Gasteiger partial charge on any atom is -0.347 e. The molecule has 1 aliphatic carbocycles. The Morgan fingerprint density at radius 1 is 1.28 bits per heavy atom. The number of hydrogen-bond donors (Lipinski definition) is 1. The van der Waals surface area contributed by atoms with Crippen LogP contribution in [0.3, 0.4) is 0 Å². The van der Waals surface area contributed by atoms with Gasteiger partial charge in [0.2, 0.25) is 5.91 Å². The maximum Gasteiger partial charge on any atom is 0.410 e. The molecule has 158 valence electrons. The third-order valence-corrected chi connectivity index (χ3v) is 6.57. The molecule has 3 aliphatic rings. The largest absolute Gasteiger partial charge is 0.410 e. The summed E-state index contributed by atoms with van der Waals surface area (Å²) in [5, 5.41) is 2.79. The van der Waals surface area contributed by atoms with Crippen LogP contribution in [0.4, 0.5) is 28.9 Å². The third kappa shape index (κ3) is 3.53. The quantitative estimate of drug-likeness (QED) is 0.739. The SMILES string of the molecule is CCN1CC(C(F)(F)F)N(c2cc(F)cc3c2NC(C2CC2)=NS3(=O)=O)CC1=O. The average Bonchev–Trinajstić information content (AvgIpc) is 3.45. The standard InChI is InChI=1S/C17H18F4N4O3S/c1-2-24-7-13(17(19,20)21)25(8-14(24)26)11-5-10(18)6-12-15(11)22-16(9-3-4-9)23-29(12,27)28/h5-6,9,13H,2-4,7-8H2,1H3,(H,22,23). The number of anilines is 2. The number of amidine groups is 1. The van der Waals surface area contributed by atoms with Crippen LogP contribution in [0, 0.1) is 11.7 Å². The van der Waals surface area contributed by atoms with E-state index in [4.69, 9.17) is 0 Å². The zero-order chi connectivity index (χ0) is 21.1. The molecule has 1 N–H and O–H groups in total. The molecular weight excluding hydrogens is 416 g/mol. The molecule has 2 fully saturated rings. The molecular formula is C17H18F4N4O3S. The Hall–Kier alpha value is -2.37. The monoisotopic (exact) mass is 434 g/mol. The third-order valence-electron chi connectivity index (χ3n) is 5.26. The first kappa shape index (κ1) is 19.9. The Labute approximate surface area is 164 Å². The molecule has 0 radical (unpaired) electrons. The van der Waals surface area contributed by atoms with Gasteiger partial charge in [0, 0.05) is 19.0 Å². The number of nitrogens with one attached hydrogen (secondary N) is 1. The fourth-order valence-electron chi connectivity index (χ4n) is 3.59. The molecule has 0 spiro atoms. The van der Waals surface area contributed by atoms with Crippen LogP contribution in [-0.2, 0) is 14.8 Å². The summed E-state index contributed by atoms with van der Waals surface area (Å²) in [6.45, 7) is 0.398. The summed E-state index contributed by atoms with van der Waals surface area (Å²) in [7, 11) is -4.28. The highest BCUT2D eigenvalue weighted by molar-refractivity contribution is 7.90. The van der Waals surface area contributed by atoms with Gasteiger partial charge < -0.3 is 15.1 Å². The maximum absolute atomic E-state index is 14.2. The first-order chi connectivity index (χ1) is 13.5. The molecule has 1 atom stereocenters. The molecule has 1 unspecified atom stereocenters. The van der Waals surface area contributed by atoms with Crippen molar-refractivity contribution in [3.63, 3.8) is 0 Å². The predicted molar refractivity (Wildman–Crippen MR) is 96.8 cm³/mol. The van der Waals surface area contributed by atoms with Gasteiger partial charge in [-0.1, -0.05) is 0 Å². The number of likely N-dealkylation sites (N-methyl/N-ethyl adjacent to an activating group) is 1. The molecule has 12 heteroatoms. The molecule has 29 heavy (non-hydrogen) atoms. The first-order valence-electron chi connectivity index (χ1n) is 9.08. The van der Waals surface area contributed by atoms with Gasteiger partial charge in [0.25, 0.3) is 10.0 Å². The number of benzene rings is 1. The number of piperazine rings is 1. The molecule has 0 aromatic heterocycles. The van der Waals surface area contributed by atoms with E-state index in [1.54, 1.807) is 6.92 Å². The van der Waals surface area contributed by atoms with E-state index in [2.05, 4.69) is 9.71 Å². The van der Waals surface area contributed by atoms with Crippen LogP contribution in [0.15, 0.2) is 21.4 Å². The van der Waals surface area contributed by atoms with Crippen molar-refractivity contribution in [2.45, 2.75) is 36.9 Å². The molecule has 4 rings (SSSR count). The molecule has 2 heterocycles. The number of carbonyl (C=O) groups is 1. The summed E-state index contributed by atoms with van der Waals surface area (Å²) < 4.78 is 84.3. The maximum atomic E-state index is 14.2. The fourth-order valence-corrected chi connectivity index (χ4v) is 4.82. The van der Waals surface area contributed by atoms with E-state index in [9.17, 15) is 30.8 Å². The van der Waals surface area contributed by atoms with E-state index in [1.807, 2.05) is 0 Å². The van der Waals surface area contributed by atoms with E-state index < -0.39 is 52.0 Å². The first-order valence-corrected chi connectivity index (χ1v) is 10.5. The molecule has 1 amide bonds. The van der Waals surface area contributed by atoms with Gasteiger partial charge in [-0.05, 0) is 31.9 Å². The van der Waals surface area contributed by atoms with Crippen molar-refractivity contribution < 1.29 is 30.8 Å². The topological polar surface area (TPSA) is 82.1 Å². The Balaban J connectivity index is 1.85. The average molecular weight is 434 g/mol. The lowest BCUT2D eigenvalue weighted by Crippen LogP contribution is -2.61. The van der Waals surface area contributed by atoms with Crippen molar-refractivity contribution in [2.75, 3.05) is 29.9 Å². The lowest BCUT2D eigenvalue weighted by molar-refractivity contribution is -0.162. The zero-order valence-electron chi connectivity index (χ0n) is 15.3. The Bertz CT molecular complexity index is 1000. The highest BCUT2D eigenvalue weighted by Crippen LogP contribution is 2.43. The van der Waals surface area contributed by atoms with Gasteiger partial charge in [-0.25, -0.2) is 4.39 Å². The lowest BCUT2D eigenvalue weighted by atomic mass is 10.1. The Kier molecular flexibility index (Phi) is 4.52. The number of fused-ring (bicyclic) bond motifs is 1. The molecule has 1 aromatic carbocycles. The molecule has 1 aromatic rings. The smallest absolute Gasteiger partial charge is 0.347 e. The van der Waals surface area contributed by atoms with Crippen LogP contribution in [-0.4, -0.2) is 56.9 Å².